The van der Waals surface area contributed by atoms with Crippen LogP contribution < -0.4 is 0 Å². The molecule has 0 N–H and O–H groups in total. The summed E-state index contributed by atoms with van der Waals surface area (Å²) >= 11 is 0. The van der Waals surface area contributed by atoms with Crippen LogP contribution in [0.5, 0.6) is 0 Å². The van der Waals surface area contributed by atoms with Crippen LogP contribution in [-0.4, -0.2) is 0 Å². The van der Waals surface area contributed by atoms with E-state index in [1.165, 1.54) is 0 Å². The van der Waals surface area contributed by atoms with Crippen LogP contribution in [0, 0.1) is 0 Å². The van der Waals surface area contributed by atoms with Crippen molar-refractivity contribution in [3.05, 3.63) is 109 Å². The van der Waals surface area contributed by atoms with Crippen LogP contribution in [0.3, 0.4) is 0 Å². The standard InChI is InChI=1S/C26H18/c1-2-8-19(9-3-1)20-14-16-21(17-15-20)26-24-12-6-4-10-22(24)18-23-11-5-7-13-25(23)26/h1-18H/i1D,2D,3D,8D,9D,14D,15D,16D,17D. The molecule has 5 aromatic rings. The zero-order valence-corrected chi connectivity index (χ0v) is 13.7. The molecular formula is C26H18. The van der Waals surface area contributed by atoms with Crippen molar-refractivity contribution in [2.45, 2.75) is 0 Å². The number of hydrogen-bond donors (Lipinski definition) is 0. The van der Waals surface area contributed by atoms with Gasteiger partial charge in [0.25, 0.3) is 0 Å². The molecule has 0 heteroatoms. The second-order valence-corrected chi connectivity index (χ2v) is 5.94. The summed E-state index contributed by atoms with van der Waals surface area (Å²) in [5.74, 6) is 0. The van der Waals surface area contributed by atoms with E-state index in [0.717, 1.165) is 21.5 Å². The van der Waals surface area contributed by atoms with Crippen molar-refractivity contribution in [1.29, 1.82) is 0 Å². The smallest absolute Gasteiger partial charge is 0.0622 e. The zero-order chi connectivity index (χ0) is 25.2. The SMILES string of the molecule is [2H]c1c([2H])c([2H])c(-c2c([2H])c([2H])c(-c3c4ccccc4cc4ccccc34)c([2H])c2[2H])c([2H])c1[2H]. The van der Waals surface area contributed by atoms with Gasteiger partial charge in [0.1, 0.15) is 0 Å². The highest BCUT2D eigenvalue weighted by atomic mass is 14.1. The Kier molecular flexibility index (Phi) is 1.98. The van der Waals surface area contributed by atoms with Crippen molar-refractivity contribution in [2.24, 2.45) is 0 Å². The quantitative estimate of drug-likeness (QED) is 0.295. The fraction of sp³-hybridized carbons (Fsp3) is 0. The fourth-order valence-corrected chi connectivity index (χ4v) is 3.22. The lowest BCUT2D eigenvalue weighted by atomic mass is 9.91. The summed E-state index contributed by atoms with van der Waals surface area (Å²) in [5, 5.41) is 3.30. The molecule has 122 valence electrons. The Labute approximate surface area is 166 Å². The maximum absolute atomic E-state index is 8.86. The summed E-state index contributed by atoms with van der Waals surface area (Å²) in [6.45, 7) is 0. The monoisotopic (exact) mass is 339 g/mol. The van der Waals surface area contributed by atoms with Crippen LogP contribution in [0.25, 0.3) is 43.8 Å². The lowest BCUT2D eigenvalue weighted by Gasteiger charge is -2.12. The molecule has 0 aromatic heterocycles. The highest BCUT2D eigenvalue weighted by Crippen LogP contribution is 2.37. The Morgan fingerprint density at radius 1 is 0.500 bits per heavy atom. The predicted molar refractivity (Wildman–Crippen MR) is 112 cm³/mol. The van der Waals surface area contributed by atoms with E-state index in [1.54, 1.807) is 0 Å². The molecule has 0 heterocycles. The molecular weight excluding hydrogens is 312 g/mol. The first-order chi connectivity index (χ1) is 16.6. The van der Waals surface area contributed by atoms with Crippen molar-refractivity contribution >= 4 is 21.5 Å². The summed E-state index contributed by atoms with van der Waals surface area (Å²) in [5.41, 5.74) is 0.0000444. The number of hydrogen-bond acceptors (Lipinski definition) is 0. The third kappa shape index (κ3) is 2.48. The van der Waals surface area contributed by atoms with Gasteiger partial charge in [0.05, 0.1) is 12.3 Å². The van der Waals surface area contributed by atoms with E-state index in [4.69, 9.17) is 12.3 Å². The van der Waals surface area contributed by atoms with Gasteiger partial charge in [-0.2, -0.15) is 0 Å². The van der Waals surface area contributed by atoms with Gasteiger partial charge in [0, 0.05) is 0 Å². The molecule has 0 amide bonds. The van der Waals surface area contributed by atoms with E-state index >= 15 is 0 Å². The van der Waals surface area contributed by atoms with E-state index < -0.39 is 42.3 Å². The van der Waals surface area contributed by atoms with E-state index in [0.29, 0.717) is 5.56 Å². The molecule has 0 saturated heterocycles. The van der Waals surface area contributed by atoms with E-state index in [-0.39, 0.29) is 28.8 Å². The first kappa shape index (κ1) is 8.33. The second kappa shape index (κ2) is 6.16. The molecule has 0 aliphatic carbocycles. The van der Waals surface area contributed by atoms with E-state index in [2.05, 4.69) is 0 Å². The molecule has 0 spiro atoms. The van der Waals surface area contributed by atoms with Gasteiger partial charge in [0.15, 0.2) is 0 Å². The molecule has 0 atom stereocenters. The van der Waals surface area contributed by atoms with Crippen LogP contribution in [0.15, 0.2) is 109 Å². The topological polar surface area (TPSA) is 0 Å². The van der Waals surface area contributed by atoms with Gasteiger partial charge in [-0.05, 0) is 49.9 Å². The Hall–Kier alpha value is -3.38. The van der Waals surface area contributed by atoms with Gasteiger partial charge in [-0.1, -0.05) is 103 Å². The predicted octanol–water partition coefficient (Wildman–Crippen LogP) is 7.33. The average Bonchev–Trinajstić information content (AvgIpc) is 2.86. The van der Waals surface area contributed by atoms with Gasteiger partial charge >= 0.3 is 0 Å². The number of fused-ring (bicyclic) bond motifs is 2. The van der Waals surface area contributed by atoms with Crippen LogP contribution in [-0.2, 0) is 0 Å². The lowest BCUT2D eigenvalue weighted by Crippen LogP contribution is -1.86. The minimum absolute atomic E-state index is 0.101. The van der Waals surface area contributed by atoms with Gasteiger partial charge in [-0.3, -0.25) is 0 Å². The van der Waals surface area contributed by atoms with Crippen molar-refractivity contribution in [3.63, 3.8) is 0 Å². The van der Waals surface area contributed by atoms with Crippen LogP contribution in [0.1, 0.15) is 12.3 Å². The number of benzene rings is 5. The number of rotatable bonds is 2. The molecule has 0 saturated carbocycles. The minimum Gasteiger partial charge on any atom is -0.0622 e. The molecule has 26 heavy (non-hydrogen) atoms. The molecule has 0 aliphatic rings. The maximum atomic E-state index is 8.86. The van der Waals surface area contributed by atoms with Crippen molar-refractivity contribution < 1.29 is 12.3 Å². The summed E-state index contributed by atoms with van der Waals surface area (Å²) < 4.78 is 75.5. The Balaban J connectivity index is 1.94. The molecule has 0 radical (unpaired) electrons. The fourth-order valence-electron chi connectivity index (χ4n) is 3.22. The first-order valence-electron chi connectivity index (χ1n) is 12.7. The van der Waals surface area contributed by atoms with Crippen LogP contribution in [0.2, 0.25) is 0 Å². The van der Waals surface area contributed by atoms with Crippen molar-refractivity contribution in [2.75, 3.05) is 0 Å². The Bertz CT molecular complexity index is 1580. The molecule has 5 rings (SSSR count). The Morgan fingerprint density at radius 2 is 1.00 bits per heavy atom. The molecule has 5 aromatic carbocycles. The maximum Gasteiger partial charge on any atom is 0.0629 e. The Morgan fingerprint density at radius 3 is 1.62 bits per heavy atom. The molecule has 0 fully saturated rings. The highest BCUT2D eigenvalue weighted by molar-refractivity contribution is 6.12. The molecule has 0 bridgehead atoms. The molecule has 0 aliphatic heterocycles. The largest absolute Gasteiger partial charge is 0.0629 e. The summed E-state index contributed by atoms with van der Waals surface area (Å²) in [4.78, 5) is 0. The third-order valence-electron chi connectivity index (χ3n) is 4.40. The van der Waals surface area contributed by atoms with Crippen LogP contribution >= 0.6 is 0 Å². The van der Waals surface area contributed by atoms with Gasteiger partial charge < -0.3 is 0 Å². The van der Waals surface area contributed by atoms with Crippen molar-refractivity contribution in [1.82, 2.24) is 0 Å². The van der Waals surface area contributed by atoms with Gasteiger partial charge in [-0.15, -0.1) is 0 Å². The van der Waals surface area contributed by atoms with Crippen molar-refractivity contribution in [3.8, 4) is 22.3 Å². The van der Waals surface area contributed by atoms with Gasteiger partial charge in [-0.25, -0.2) is 0 Å². The second-order valence-electron chi connectivity index (χ2n) is 5.94. The zero-order valence-electron chi connectivity index (χ0n) is 22.7. The van der Waals surface area contributed by atoms with Gasteiger partial charge in [0.2, 0.25) is 0 Å². The molecule has 0 nitrogen and oxygen atoms in total. The average molecular weight is 339 g/mol. The highest BCUT2D eigenvalue weighted by Gasteiger charge is 2.09. The van der Waals surface area contributed by atoms with Crippen LogP contribution in [0.4, 0.5) is 0 Å². The minimum atomic E-state index is -0.595. The third-order valence-corrected chi connectivity index (χ3v) is 4.40. The normalized spacial score (nSPS) is 15.9. The summed E-state index contributed by atoms with van der Waals surface area (Å²) in [6, 6.07) is 12.5. The van der Waals surface area contributed by atoms with E-state index in [1.807, 2.05) is 54.6 Å². The summed E-state index contributed by atoms with van der Waals surface area (Å²) in [7, 11) is 0. The first-order valence-corrected chi connectivity index (χ1v) is 8.23. The lowest BCUT2D eigenvalue weighted by molar-refractivity contribution is 1.61. The molecule has 0 unspecified atom stereocenters. The summed E-state index contributed by atoms with van der Waals surface area (Å²) in [6.07, 6.45) is 0. The van der Waals surface area contributed by atoms with E-state index in [9.17, 15) is 0 Å².